The van der Waals surface area contributed by atoms with Gasteiger partial charge in [0.25, 0.3) is 0 Å². The summed E-state index contributed by atoms with van der Waals surface area (Å²) in [7, 11) is -3.44. The van der Waals surface area contributed by atoms with Gasteiger partial charge in [0, 0.05) is 16.4 Å². The van der Waals surface area contributed by atoms with Crippen LogP contribution in [-0.4, -0.2) is 33.7 Å². The largest absolute Gasteiger partial charge is 0.490 e. The molecular formula is C17H19BrN2O4S. The highest BCUT2D eigenvalue weighted by atomic mass is 79.9. The first-order valence-electron chi connectivity index (χ1n) is 7.56. The van der Waals surface area contributed by atoms with Crippen molar-refractivity contribution in [1.29, 1.82) is 0 Å². The van der Waals surface area contributed by atoms with E-state index in [-0.39, 0.29) is 23.1 Å². The van der Waals surface area contributed by atoms with Crippen molar-refractivity contribution in [3.63, 3.8) is 0 Å². The van der Waals surface area contributed by atoms with Gasteiger partial charge < -0.3 is 15.4 Å². The van der Waals surface area contributed by atoms with E-state index in [9.17, 15) is 13.2 Å². The van der Waals surface area contributed by atoms with Crippen LogP contribution in [0, 0.1) is 0 Å². The molecule has 1 amide bonds. The molecule has 0 unspecified atom stereocenters. The van der Waals surface area contributed by atoms with Gasteiger partial charge in [-0.2, -0.15) is 0 Å². The van der Waals surface area contributed by atoms with E-state index in [0.717, 1.165) is 10.7 Å². The highest BCUT2D eigenvalue weighted by Crippen LogP contribution is 2.32. The molecule has 0 radical (unpaired) electrons. The minimum absolute atomic E-state index is 0.0245. The van der Waals surface area contributed by atoms with Gasteiger partial charge in [0.1, 0.15) is 4.90 Å². The number of carbonyl (C=O) groups is 1. The zero-order valence-corrected chi connectivity index (χ0v) is 16.3. The van der Waals surface area contributed by atoms with E-state index >= 15 is 0 Å². The standard InChI is InChI=1S/C17H19BrN2O4S/c1-3-24-17-14(5-4-6-15(17)25(2,22)23)19-11-16(21)20-13-9-7-12(18)8-10-13/h4-10,19H,3,11H2,1-2H3,(H,20,21). The molecule has 2 rings (SSSR count). The van der Waals surface area contributed by atoms with Crippen LogP contribution in [0.1, 0.15) is 6.92 Å². The van der Waals surface area contributed by atoms with E-state index in [1.165, 1.54) is 6.07 Å². The molecule has 0 fully saturated rings. The zero-order valence-electron chi connectivity index (χ0n) is 13.9. The summed E-state index contributed by atoms with van der Waals surface area (Å²) in [6, 6.07) is 12.0. The van der Waals surface area contributed by atoms with Gasteiger partial charge in [-0.15, -0.1) is 0 Å². The van der Waals surface area contributed by atoms with Crippen LogP contribution in [0.25, 0.3) is 0 Å². The Bertz CT molecular complexity index is 851. The highest BCUT2D eigenvalue weighted by Gasteiger charge is 2.18. The van der Waals surface area contributed by atoms with Crippen molar-refractivity contribution in [3.8, 4) is 5.75 Å². The number of hydrogen-bond acceptors (Lipinski definition) is 5. The second-order valence-corrected chi connectivity index (χ2v) is 8.15. The maximum atomic E-state index is 12.1. The lowest BCUT2D eigenvalue weighted by Crippen LogP contribution is -2.22. The fraction of sp³-hybridized carbons (Fsp3) is 0.235. The summed E-state index contributed by atoms with van der Waals surface area (Å²) < 4.78 is 30.2. The zero-order chi connectivity index (χ0) is 18.4. The topological polar surface area (TPSA) is 84.5 Å². The number of nitrogens with one attached hydrogen (secondary N) is 2. The number of anilines is 2. The Morgan fingerprint density at radius 2 is 1.84 bits per heavy atom. The lowest BCUT2D eigenvalue weighted by molar-refractivity contribution is -0.114. The Balaban J connectivity index is 2.11. The van der Waals surface area contributed by atoms with E-state index in [0.29, 0.717) is 18.0 Å². The quantitative estimate of drug-likeness (QED) is 0.709. The summed E-state index contributed by atoms with van der Waals surface area (Å²) in [4.78, 5) is 12.2. The highest BCUT2D eigenvalue weighted by molar-refractivity contribution is 9.10. The first-order chi connectivity index (χ1) is 11.8. The van der Waals surface area contributed by atoms with Crippen LogP contribution in [0.2, 0.25) is 0 Å². The predicted molar refractivity (Wildman–Crippen MR) is 102 cm³/mol. The second-order valence-electron chi connectivity index (χ2n) is 5.25. The monoisotopic (exact) mass is 426 g/mol. The van der Waals surface area contributed by atoms with Crippen LogP contribution in [-0.2, 0) is 14.6 Å². The Labute approximate surface area is 155 Å². The molecule has 0 atom stereocenters. The third-order valence-electron chi connectivity index (χ3n) is 3.23. The van der Waals surface area contributed by atoms with Crippen LogP contribution in [0.5, 0.6) is 5.75 Å². The van der Waals surface area contributed by atoms with E-state index in [1.807, 2.05) is 12.1 Å². The van der Waals surface area contributed by atoms with Crippen molar-refractivity contribution < 1.29 is 17.9 Å². The van der Waals surface area contributed by atoms with Crippen molar-refractivity contribution in [2.75, 3.05) is 30.0 Å². The number of halogens is 1. The fourth-order valence-corrected chi connectivity index (χ4v) is 3.25. The smallest absolute Gasteiger partial charge is 0.243 e. The molecule has 2 N–H and O–H groups in total. The van der Waals surface area contributed by atoms with E-state index in [2.05, 4.69) is 26.6 Å². The molecule has 0 aromatic heterocycles. The summed E-state index contributed by atoms with van der Waals surface area (Å²) in [5, 5.41) is 5.69. The minimum atomic E-state index is -3.44. The number of rotatable bonds is 7. The average molecular weight is 427 g/mol. The summed E-state index contributed by atoms with van der Waals surface area (Å²) >= 11 is 3.33. The Kier molecular flexibility index (Phi) is 6.44. The fourth-order valence-electron chi connectivity index (χ4n) is 2.15. The number of hydrogen-bond donors (Lipinski definition) is 2. The van der Waals surface area contributed by atoms with Gasteiger partial charge in [-0.1, -0.05) is 22.0 Å². The van der Waals surface area contributed by atoms with Crippen LogP contribution in [0.3, 0.4) is 0 Å². The number of amides is 1. The van der Waals surface area contributed by atoms with Gasteiger partial charge >= 0.3 is 0 Å². The number of ether oxygens (including phenoxy) is 1. The second kappa shape index (κ2) is 8.35. The van der Waals surface area contributed by atoms with E-state index in [4.69, 9.17) is 4.74 Å². The van der Waals surface area contributed by atoms with Gasteiger partial charge in [0.15, 0.2) is 15.6 Å². The van der Waals surface area contributed by atoms with Crippen molar-refractivity contribution in [2.45, 2.75) is 11.8 Å². The molecular weight excluding hydrogens is 408 g/mol. The van der Waals surface area contributed by atoms with Crippen LogP contribution < -0.4 is 15.4 Å². The molecule has 0 aliphatic rings. The first kappa shape index (κ1) is 19.3. The summed E-state index contributed by atoms with van der Waals surface area (Å²) in [6.07, 6.45) is 1.12. The Morgan fingerprint density at radius 1 is 1.16 bits per heavy atom. The van der Waals surface area contributed by atoms with Gasteiger partial charge in [-0.3, -0.25) is 4.79 Å². The number of benzene rings is 2. The van der Waals surface area contributed by atoms with Crippen molar-refractivity contribution >= 4 is 43.0 Å². The maximum absolute atomic E-state index is 12.1. The van der Waals surface area contributed by atoms with Gasteiger partial charge in [0.05, 0.1) is 18.8 Å². The number of carbonyl (C=O) groups excluding carboxylic acids is 1. The maximum Gasteiger partial charge on any atom is 0.243 e. The normalized spacial score (nSPS) is 11.0. The van der Waals surface area contributed by atoms with E-state index < -0.39 is 9.84 Å². The SMILES string of the molecule is CCOc1c(NCC(=O)Nc2ccc(Br)cc2)cccc1S(C)(=O)=O. The molecule has 0 heterocycles. The Hall–Kier alpha value is -2.06. The predicted octanol–water partition coefficient (Wildman–Crippen LogP) is 3.30. The third-order valence-corrected chi connectivity index (χ3v) is 4.88. The van der Waals surface area contributed by atoms with Crippen molar-refractivity contribution in [2.24, 2.45) is 0 Å². The molecule has 0 bridgehead atoms. The lowest BCUT2D eigenvalue weighted by atomic mass is 10.3. The number of para-hydroxylation sites is 1. The van der Waals surface area contributed by atoms with Crippen LogP contribution >= 0.6 is 15.9 Å². The van der Waals surface area contributed by atoms with Crippen LogP contribution in [0.15, 0.2) is 51.8 Å². The van der Waals surface area contributed by atoms with Crippen LogP contribution in [0.4, 0.5) is 11.4 Å². The molecule has 2 aromatic carbocycles. The summed E-state index contributed by atoms with van der Waals surface area (Å²) in [6.45, 7) is 2.05. The summed E-state index contributed by atoms with van der Waals surface area (Å²) in [5.74, 6) is -0.0292. The average Bonchev–Trinajstić information content (AvgIpc) is 2.55. The van der Waals surface area contributed by atoms with Crippen molar-refractivity contribution in [3.05, 3.63) is 46.9 Å². The molecule has 6 nitrogen and oxygen atoms in total. The van der Waals surface area contributed by atoms with Crippen molar-refractivity contribution in [1.82, 2.24) is 0 Å². The molecule has 0 spiro atoms. The van der Waals surface area contributed by atoms with Gasteiger partial charge in [0.2, 0.25) is 5.91 Å². The third kappa shape index (κ3) is 5.47. The molecule has 25 heavy (non-hydrogen) atoms. The molecule has 2 aromatic rings. The molecule has 8 heteroatoms. The lowest BCUT2D eigenvalue weighted by Gasteiger charge is -2.15. The van der Waals surface area contributed by atoms with Gasteiger partial charge in [-0.05, 0) is 43.3 Å². The molecule has 134 valence electrons. The molecule has 0 saturated carbocycles. The molecule has 0 aliphatic heterocycles. The Morgan fingerprint density at radius 3 is 2.44 bits per heavy atom. The molecule has 0 saturated heterocycles. The van der Waals surface area contributed by atoms with Gasteiger partial charge in [-0.25, -0.2) is 8.42 Å². The molecule has 0 aliphatic carbocycles. The minimum Gasteiger partial charge on any atom is -0.490 e. The first-order valence-corrected chi connectivity index (χ1v) is 10.2. The summed E-state index contributed by atoms with van der Waals surface area (Å²) in [5.41, 5.74) is 1.13. The van der Waals surface area contributed by atoms with E-state index in [1.54, 1.807) is 31.2 Å². The number of sulfone groups is 1.